The second-order valence-electron chi connectivity index (χ2n) is 3.09. The normalized spacial score (nSPS) is 10.5. The maximum atomic E-state index is 11.6. The standard InChI is InChI=1S/C11H10ClNOS/c12-5-6-13-11(14)10-7-8-3-1-2-4-9(8)15-10/h1-4,7H,5-6H2,(H,13,14). The first-order chi connectivity index (χ1) is 7.31. The smallest absolute Gasteiger partial charge is 0.261 e. The Morgan fingerprint density at radius 2 is 2.20 bits per heavy atom. The molecule has 0 saturated carbocycles. The van der Waals surface area contributed by atoms with E-state index in [1.54, 1.807) is 0 Å². The number of alkyl halides is 1. The van der Waals surface area contributed by atoms with Crippen LogP contribution in [0.5, 0.6) is 0 Å². The van der Waals surface area contributed by atoms with E-state index < -0.39 is 0 Å². The average Bonchev–Trinajstić information content (AvgIpc) is 2.69. The highest BCUT2D eigenvalue weighted by molar-refractivity contribution is 7.20. The number of hydrogen-bond donors (Lipinski definition) is 1. The van der Waals surface area contributed by atoms with E-state index in [0.29, 0.717) is 12.4 Å². The number of thiophene rings is 1. The minimum Gasteiger partial charge on any atom is -0.350 e. The van der Waals surface area contributed by atoms with Gasteiger partial charge in [-0.25, -0.2) is 0 Å². The number of carbonyl (C=O) groups is 1. The molecule has 0 radical (unpaired) electrons. The minimum absolute atomic E-state index is 0.0446. The second kappa shape index (κ2) is 4.64. The van der Waals surface area contributed by atoms with E-state index in [9.17, 15) is 4.79 Å². The van der Waals surface area contributed by atoms with Gasteiger partial charge in [-0.1, -0.05) is 18.2 Å². The molecule has 0 atom stereocenters. The topological polar surface area (TPSA) is 29.1 Å². The fourth-order valence-corrected chi connectivity index (χ4v) is 2.42. The fraction of sp³-hybridized carbons (Fsp3) is 0.182. The number of nitrogens with one attached hydrogen (secondary N) is 1. The van der Waals surface area contributed by atoms with Gasteiger partial charge in [0.05, 0.1) is 4.88 Å². The molecular weight excluding hydrogens is 230 g/mol. The van der Waals surface area contributed by atoms with Gasteiger partial charge in [0, 0.05) is 17.1 Å². The van der Waals surface area contributed by atoms with E-state index in [1.165, 1.54) is 11.3 Å². The number of rotatable bonds is 3. The van der Waals surface area contributed by atoms with Gasteiger partial charge in [-0.05, 0) is 17.5 Å². The van der Waals surface area contributed by atoms with E-state index in [2.05, 4.69) is 5.32 Å². The van der Waals surface area contributed by atoms with E-state index >= 15 is 0 Å². The predicted molar refractivity (Wildman–Crippen MR) is 64.9 cm³/mol. The van der Waals surface area contributed by atoms with Crippen LogP contribution in [0, 0.1) is 0 Å². The third kappa shape index (κ3) is 2.30. The fourth-order valence-electron chi connectivity index (χ4n) is 1.34. The molecule has 1 aromatic heterocycles. The van der Waals surface area contributed by atoms with Crippen LogP contribution in [0.4, 0.5) is 0 Å². The summed E-state index contributed by atoms with van der Waals surface area (Å²) < 4.78 is 1.13. The summed E-state index contributed by atoms with van der Waals surface area (Å²) in [5.41, 5.74) is 0. The molecule has 0 aliphatic carbocycles. The van der Waals surface area contributed by atoms with Crippen molar-refractivity contribution in [2.45, 2.75) is 0 Å². The van der Waals surface area contributed by atoms with Gasteiger partial charge < -0.3 is 5.32 Å². The monoisotopic (exact) mass is 239 g/mol. The van der Waals surface area contributed by atoms with Crippen molar-refractivity contribution in [1.29, 1.82) is 0 Å². The van der Waals surface area contributed by atoms with Crippen molar-refractivity contribution in [3.05, 3.63) is 35.2 Å². The van der Waals surface area contributed by atoms with Gasteiger partial charge in [-0.3, -0.25) is 4.79 Å². The van der Waals surface area contributed by atoms with Crippen molar-refractivity contribution >= 4 is 38.9 Å². The van der Waals surface area contributed by atoms with E-state index in [1.807, 2.05) is 30.3 Å². The molecule has 1 heterocycles. The Hall–Kier alpha value is -1.06. The molecule has 0 saturated heterocycles. The van der Waals surface area contributed by atoms with Gasteiger partial charge in [-0.2, -0.15) is 0 Å². The lowest BCUT2D eigenvalue weighted by atomic mass is 10.2. The lowest BCUT2D eigenvalue weighted by molar-refractivity contribution is 0.0960. The highest BCUT2D eigenvalue weighted by Gasteiger charge is 2.08. The average molecular weight is 240 g/mol. The van der Waals surface area contributed by atoms with Crippen LogP contribution in [0.3, 0.4) is 0 Å². The Morgan fingerprint density at radius 1 is 1.40 bits per heavy atom. The van der Waals surface area contributed by atoms with Crippen LogP contribution >= 0.6 is 22.9 Å². The van der Waals surface area contributed by atoms with Crippen LogP contribution in [-0.4, -0.2) is 18.3 Å². The zero-order valence-electron chi connectivity index (χ0n) is 8.00. The van der Waals surface area contributed by atoms with Crippen molar-refractivity contribution in [2.75, 3.05) is 12.4 Å². The molecule has 0 bridgehead atoms. The summed E-state index contributed by atoms with van der Waals surface area (Å²) in [4.78, 5) is 12.4. The molecule has 0 spiro atoms. The first-order valence-electron chi connectivity index (χ1n) is 4.64. The first-order valence-corrected chi connectivity index (χ1v) is 5.99. The molecule has 1 N–H and O–H groups in total. The highest BCUT2D eigenvalue weighted by atomic mass is 35.5. The first kappa shape index (κ1) is 10.5. The molecular formula is C11H10ClNOS. The number of halogens is 1. The summed E-state index contributed by atoms with van der Waals surface area (Å²) in [6.45, 7) is 0.509. The largest absolute Gasteiger partial charge is 0.350 e. The lowest BCUT2D eigenvalue weighted by Crippen LogP contribution is -2.24. The Bertz CT molecular complexity index is 447. The summed E-state index contributed by atoms with van der Waals surface area (Å²) in [6.07, 6.45) is 0. The molecule has 1 aromatic carbocycles. The summed E-state index contributed by atoms with van der Waals surface area (Å²) in [5.74, 6) is 0.397. The van der Waals surface area contributed by atoms with Crippen molar-refractivity contribution < 1.29 is 4.79 Å². The molecule has 2 nitrogen and oxygen atoms in total. The minimum atomic E-state index is -0.0446. The lowest BCUT2D eigenvalue weighted by Gasteiger charge is -1.98. The van der Waals surface area contributed by atoms with Crippen LogP contribution < -0.4 is 5.32 Å². The van der Waals surface area contributed by atoms with E-state index in [-0.39, 0.29) is 5.91 Å². The molecule has 78 valence electrons. The quantitative estimate of drug-likeness (QED) is 0.820. The SMILES string of the molecule is O=C(NCCCl)c1cc2ccccc2s1. The maximum absolute atomic E-state index is 11.6. The number of fused-ring (bicyclic) bond motifs is 1. The zero-order valence-corrected chi connectivity index (χ0v) is 9.57. The number of amides is 1. The van der Waals surface area contributed by atoms with Gasteiger partial charge in [-0.15, -0.1) is 22.9 Å². The highest BCUT2D eigenvalue weighted by Crippen LogP contribution is 2.24. The summed E-state index contributed by atoms with van der Waals surface area (Å²) in [5, 5.41) is 3.86. The molecule has 0 aliphatic heterocycles. The zero-order chi connectivity index (χ0) is 10.7. The molecule has 4 heteroatoms. The summed E-state index contributed by atoms with van der Waals surface area (Å²) in [7, 11) is 0. The van der Waals surface area contributed by atoms with Crippen molar-refractivity contribution in [2.24, 2.45) is 0 Å². The van der Waals surface area contributed by atoms with Crippen LogP contribution in [0.2, 0.25) is 0 Å². The molecule has 1 amide bonds. The molecule has 2 rings (SSSR count). The maximum Gasteiger partial charge on any atom is 0.261 e. The Kier molecular flexibility index (Phi) is 3.23. The third-order valence-electron chi connectivity index (χ3n) is 2.03. The van der Waals surface area contributed by atoms with Gasteiger partial charge in [0.2, 0.25) is 0 Å². The van der Waals surface area contributed by atoms with Crippen LogP contribution in [0.25, 0.3) is 10.1 Å². The Morgan fingerprint density at radius 3 is 2.93 bits per heavy atom. The molecule has 2 aromatic rings. The van der Waals surface area contributed by atoms with Gasteiger partial charge in [0.25, 0.3) is 5.91 Å². The number of benzene rings is 1. The van der Waals surface area contributed by atoms with Gasteiger partial charge in [0.15, 0.2) is 0 Å². The molecule has 0 fully saturated rings. The van der Waals surface area contributed by atoms with Gasteiger partial charge in [0.1, 0.15) is 0 Å². The van der Waals surface area contributed by atoms with E-state index in [4.69, 9.17) is 11.6 Å². The molecule has 15 heavy (non-hydrogen) atoms. The van der Waals surface area contributed by atoms with Crippen LogP contribution in [0.1, 0.15) is 9.67 Å². The van der Waals surface area contributed by atoms with Crippen molar-refractivity contribution in [3.63, 3.8) is 0 Å². The Labute approximate surface area is 96.9 Å². The van der Waals surface area contributed by atoms with Crippen LogP contribution in [-0.2, 0) is 0 Å². The van der Waals surface area contributed by atoms with Crippen molar-refractivity contribution in [1.82, 2.24) is 5.32 Å². The van der Waals surface area contributed by atoms with Crippen LogP contribution in [0.15, 0.2) is 30.3 Å². The summed E-state index contributed by atoms with van der Waals surface area (Å²) in [6, 6.07) is 9.86. The third-order valence-corrected chi connectivity index (χ3v) is 3.33. The second-order valence-corrected chi connectivity index (χ2v) is 4.56. The van der Waals surface area contributed by atoms with Gasteiger partial charge >= 0.3 is 0 Å². The number of hydrogen-bond acceptors (Lipinski definition) is 2. The summed E-state index contributed by atoms with van der Waals surface area (Å²) >= 11 is 7.00. The van der Waals surface area contributed by atoms with Crippen molar-refractivity contribution in [3.8, 4) is 0 Å². The predicted octanol–water partition coefficient (Wildman–Crippen LogP) is 2.87. The Balaban J connectivity index is 2.25. The number of carbonyl (C=O) groups excluding carboxylic acids is 1. The molecule has 0 unspecified atom stereocenters. The van der Waals surface area contributed by atoms with E-state index in [0.717, 1.165) is 15.0 Å². The molecule has 0 aliphatic rings.